The van der Waals surface area contributed by atoms with Gasteiger partial charge in [-0.15, -0.1) is 12.8 Å². The van der Waals surface area contributed by atoms with Crippen molar-refractivity contribution in [3.8, 4) is 24.7 Å². The summed E-state index contributed by atoms with van der Waals surface area (Å²) in [7, 11) is 0. The molecule has 1 aromatic rings. The van der Waals surface area contributed by atoms with Crippen molar-refractivity contribution < 1.29 is 0 Å². The number of rotatable bonds is 0. The molecule has 12 heavy (non-hydrogen) atoms. The number of terminal acetylenes is 2. The Morgan fingerprint density at radius 3 is 1.83 bits per heavy atom. The molecule has 0 N–H and O–H groups in total. The minimum absolute atomic E-state index is 0.633. The second-order valence-corrected chi connectivity index (χ2v) is 2.61. The van der Waals surface area contributed by atoms with E-state index in [-0.39, 0.29) is 0 Å². The Morgan fingerprint density at radius 2 is 1.50 bits per heavy atom. The van der Waals surface area contributed by atoms with Crippen molar-refractivity contribution in [2.24, 2.45) is 0 Å². The molecule has 0 atom stereocenters. The first-order chi connectivity index (χ1) is 5.69. The van der Waals surface area contributed by atoms with E-state index in [1.807, 2.05) is 19.9 Å². The van der Waals surface area contributed by atoms with Gasteiger partial charge in [-0.25, -0.2) is 4.98 Å². The van der Waals surface area contributed by atoms with Gasteiger partial charge in [-0.1, -0.05) is 6.07 Å². The Labute approximate surface area is 72.8 Å². The number of hydrogen-bond donors (Lipinski definition) is 0. The summed E-state index contributed by atoms with van der Waals surface area (Å²) in [6.45, 7) is 3.85. The van der Waals surface area contributed by atoms with Crippen molar-refractivity contribution in [2.45, 2.75) is 13.8 Å². The van der Waals surface area contributed by atoms with Crippen LogP contribution >= 0.6 is 0 Å². The zero-order valence-corrected chi connectivity index (χ0v) is 7.18. The Morgan fingerprint density at radius 1 is 1.08 bits per heavy atom. The van der Waals surface area contributed by atoms with Crippen molar-refractivity contribution in [2.75, 3.05) is 0 Å². The van der Waals surface area contributed by atoms with Gasteiger partial charge < -0.3 is 0 Å². The topological polar surface area (TPSA) is 12.9 Å². The Hall–Kier alpha value is -1.73. The Kier molecular flexibility index (Phi) is 2.17. The average Bonchev–Trinajstić information content (AvgIpc) is 2.05. The molecule has 1 heterocycles. The highest BCUT2D eigenvalue weighted by Gasteiger charge is 2.01. The van der Waals surface area contributed by atoms with E-state index in [4.69, 9.17) is 12.8 Å². The lowest BCUT2D eigenvalue weighted by atomic mass is 10.1. The third-order valence-corrected chi connectivity index (χ3v) is 1.68. The molecule has 0 bridgehead atoms. The first kappa shape index (κ1) is 8.37. The van der Waals surface area contributed by atoms with Gasteiger partial charge in [-0.2, -0.15) is 0 Å². The van der Waals surface area contributed by atoms with Gasteiger partial charge in [0.05, 0.1) is 0 Å². The summed E-state index contributed by atoms with van der Waals surface area (Å²) in [5.74, 6) is 4.98. The minimum Gasteiger partial charge on any atom is -0.230 e. The summed E-state index contributed by atoms with van der Waals surface area (Å²) in [5.41, 5.74) is 3.25. The maximum absolute atomic E-state index is 5.24. The molecule has 58 valence electrons. The minimum atomic E-state index is 0.633. The fourth-order valence-electron chi connectivity index (χ4n) is 1.04. The zero-order valence-electron chi connectivity index (χ0n) is 7.18. The van der Waals surface area contributed by atoms with Gasteiger partial charge in [0.15, 0.2) is 0 Å². The van der Waals surface area contributed by atoms with Crippen molar-refractivity contribution in [3.05, 3.63) is 28.6 Å². The highest BCUT2D eigenvalue weighted by Crippen LogP contribution is 2.09. The molecule has 0 aliphatic heterocycles. The second-order valence-electron chi connectivity index (χ2n) is 2.61. The Balaban J connectivity index is 3.42. The zero-order chi connectivity index (χ0) is 9.14. The maximum atomic E-state index is 5.24. The molecule has 0 aliphatic rings. The molecule has 0 unspecified atom stereocenters. The number of nitrogens with zero attached hydrogens (tertiary/aromatic N) is 1. The number of aromatic nitrogens is 1. The molecule has 0 radical (unpaired) electrons. The molecule has 0 saturated heterocycles. The van der Waals surface area contributed by atoms with E-state index in [2.05, 4.69) is 16.8 Å². The highest BCUT2D eigenvalue weighted by atomic mass is 14.7. The number of hydrogen-bond acceptors (Lipinski definition) is 1. The van der Waals surface area contributed by atoms with E-state index in [0.717, 1.165) is 11.1 Å². The van der Waals surface area contributed by atoms with Crippen LogP contribution in [0.4, 0.5) is 0 Å². The summed E-state index contributed by atoms with van der Waals surface area (Å²) in [6, 6.07) is 1.96. The van der Waals surface area contributed by atoms with Crippen molar-refractivity contribution in [1.82, 2.24) is 4.98 Å². The lowest BCUT2D eigenvalue weighted by Crippen LogP contribution is -1.94. The molecule has 0 saturated carbocycles. The molecular formula is C11H9N. The van der Waals surface area contributed by atoms with Gasteiger partial charge in [0, 0.05) is 0 Å². The van der Waals surface area contributed by atoms with E-state index in [1.54, 1.807) is 0 Å². The SMILES string of the molecule is C#Cc1nc(C#C)c(C)cc1C. The van der Waals surface area contributed by atoms with Gasteiger partial charge in [0.2, 0.25) is 0 Å². The van der Waals surface area contributed by atoms with Crippen molar-refractivity contribution >= 4 is 0 Å². The first-order valence-corrected chi connectivity index (χ1v) is 3.60. The molecule has 0 aromatic carbocycles. The molecule has 1 aromatic heterocycles. The van der Waals surface area contributed by atoms with Crippen LogP contribution in [0.5, 0.6) is 0 Å². The summed E-state index contributed by atoms with van der Waals surface area (Å²) < 4.78 is 0. The summed E-state index contributed by atoms with van der Waals surface area (Å²) in [4.78, 5) is 4.14. The lowest BCUT2D eigenvalue weighted by Gasteiger charge is -2.01. The molecule has 1 rings (SSSR count). The first-order valence-electron chi connectivity index (χ1n) is 3.60. The fraction of sp³-hybridized carbons (Fsp3) is 0.182. The van der Waals surface area contributed by atoms with Crippen LogP contribution in [0.15, 0.2) is 6.07 Å². The third kappa shape index (κ3) is 1.31. The molecule has 1 heteroatoms. The van der Waals surface area contributed by atoms with Gasteiger partial charge in [-0.3, -0.25) is 0 Å². The number of pyridine rings is 1. The van der Waals surface area contributed by atoms with Crippen LogP contribution < -0.4 is 0 Å². The maximum Gasteiger partial charge on any atom is 0.117 e. The van der Waals surface area contributed by atoms with Crippen LogP contribution in [0.3, 0.4) is 0 Å². The molecule has 0 amide bonds. The van der Waals surface area contributed by atoms with E-state index in [9.17, 15) is 0 Å². The molecular weight excluding hydrogens is 146 g/mol. The van der Waals surface area contributed by atoms with E-state index in [1.165, 1.54) is 0 Å². The predicted molar refractivity (Wildman–Crippen MR) is 49.6 cm³/mol. The number of aryl methyl sites for hydroxylation is 2. The van der Waals surface area contributed by atoms with Crippen molar-refractivity contribution in [3.63, 3.8) is 0 Å². The van der Waals surface area contributed by atoms with Gasteiger partial charge in [0.25, 0.3) is 0 Å². The molecule has 1 nitrogen and oxygen atoms in total. The second kappa shape index (κ2) is 3.11. The van der Waals surface area contributed by atoms with E-state index in [0.29, 0.717) is 11.4 Å². The summed E-state index contributed by atoms with van der Waals surface area (Å²) in [5, 5.41) is 0. The normalized spacial score (nSPS) is 8.67. The van der Waals surface area contributed by atoms with Crippen LogP contribution in [0.2, 0.25) is 0 Å². The molecule has 0 aliphatic carbocycles. The van der Waals surface area contributed by atoms with E-state index >= 15 is 0 Å². The van der Waals surface area contributed by atoms with E-state index < -0.39 is 0 Å². The van der Waals surface area contributed by atoms with Crippen molar-refractivity contribution in [1.29, 1.82) is 0 Å². The van der Waals surface area contributed by atoms with Crippen LogP contribution in [0.25, 0.3) is 0 Å². The lowest BCUT2D eigenvalue weighted by molar-refractivity contribution is 1.16. The van der Waals surface area contributed by atoms with Gasteiger partial charge >= 0.3 is 0 Å². The fourth-order valence-corrected chi connectivity index (χ4v) is 1.04. The van der Waals surface area contributed by atoms with Crippen LogP contribution in [0.1, 0.15) is 22.5 Å². The standard InChI is InChI=1S/C11H9N/c1-5-10-8(3)7-9(4)11(6-2)12-10/h1-2,7H,3-4H3. The smallest absolute Gasteiger partial charge is 0.117 e. The largest absolute Gasteiger partial charge is 0.230 e. The highest BCUT2D eigenvalue weighted by molar-refractivity contribution is 5.42. The Bertz CT molecular complexity index is 353. The summed E-state index contributed by atoms with van der Waals surface area (Å²) >= 11 is 0. The summed E-state index contributed by atoms with van der Waals surface area (Å²) in [6.07, 6.45) is 10.5. The van der Waals surface area contributed by atoms with Gasteiger partial charge in [-0.05, 0) is 36.8 Å². The molecule has 0 fully saturated rings. The van der Waals surface area contributed by atoms with Crippen LogP contribution in [-0.4, -0.2) is 4.98 Å². The quantitative estimate of drug-likeness (QED) is 0.519. The molecule has 0 spiro atoms. The van der Waals surface area contributed by atoms with Crippen LogP contribution in [-0.2, 0) is 0 Å². The van der Waals surface area contributed by atoms with Crippen LogP contribution in [0, 0.1) is 38.5 Å². The predicted octanol–water partition coefficient (Wildman–Crippen LogP) is 1.66. The monoisotopic (exact) mass is 155 g/mol. The third-order valence-electron chi connectivity index (χ3n) is 1.68. The average molecular weight is 155 g/mol. The van der Waals surface area contributed by atoms with Gasteiger partial charge in [0.1, 0.15) is 11.4 Å².